The van der Waals surface area contributed by atoms with Crippen LogP contribution in [-0.4, -0.2) is 16.8 Å². The average Bonchev–Trinajstić information content (AvgIpc) is 3.20. The molecule has 1 aromatic carbocycles. The maximum absolute atomic E-state index is 10.3. The predicted octanol–water partition coefficient (Wildman–Crippen LogP) is 4.94. The van der Waals surface area contributed by atoms with Crippen LogP contribution in [0.25, 0.3) is 0 Å². The van der Waals surface area contributed by atoms with Gasteiger partial charge in [0.05, 0.1) is 11.7 Å². The fourth-order valence-corrected chi connectivity index (χ4v) is 6.12. The van der Waals surface area contributed by atoms with Gasteiger partial charge in [0.25, 0.3) is 0 Å². The molecule has 1 aromatic rings. The number of ether oxygens (including phenoxy) is 1. The van der Waals surface area contributed by atoms with Crippen LogP contribution in [-0.2, 0) is 11.2 Å². The normalized spacial score (nSPS) is 48.4. The number of epoxide rings is 1. The van der Waals surface area contributed by atoms with Gasteiger partial charge in [0, 0.05) is 5.41 Å². The zero-order chi connectivity index (χ0) is 16.5. The summed E-state index contributed by atoms with van der Waals surface area (Å²) in [5.74, 6) is 1.80. The Balaban J connectivity index is 1.72. The lowest BCUT2D eigenvalue weighted by Gasteiger charge is -2.59. The van der Waals surface area contributed by atoms with Crippen LogP contribution < -0.4 is 0 Å². The lowest BCUT2D eigenvalue weighted by Crippen LogP contribution is -2.56. The van der Waals surface area contributed by atoms with Crippen molar-refractivity contribution in [3.63, 3.8) is 0 Å². The van der Waals surface area contributed by atoms with E-state index >= 15 is 0 Å². The zero-order valence-corrected chi connectivity index (χ0v) is 14.9. The largest absolute Gasteiger partial charge is 0.508 e. The van der Waals surface area contributed by atoms with Gasteiger partial charge in [-0.2, -0.15) is 0 Å². The summed E-state index contributed by atoms with van der Waals surface area (Å²) in [6.07, 6.45) is 6.49. The van der Waals surface area contributed by atoms with Crippen LogP contribution in [0.15, 0.2) is 24.3 Å². The van der Waals surface area contributed by atoms with E-state index in [4.69, 9.17) is 4.74 Å². The van der Waals surface area contributed by atoms with E-state index in [9.17, 15) is 5.11 Å². The van der Waals surface area contributed by atoms with Gasteiger partial charge in [-0.15, -0.1) is 0 Å². The minimum atomic E-state index is 0.0933. The molecule has 0 spiro atoms. The molecule has 2 heteroatoms. The molecule has 0 unspecified atom stereocenters. The van der Waals surface area contributed by atoms with Gasteiger partial charge in [0.15, 0.2) is 0 Å². The molecule has 3 aliphatic rings. The standard InChI is InChI=1S/C21H30O2/c1-14-11-12-20(3)17(9-10-18-21(20,4)23-18)19(14,2)13-15-7-5-6-8-16(15)22/h5-8,14,17-18,22H,9-13H2,1-4H3/t14-,17-,18-,19+,20-,21-/m0/s1. The minimum absolute atomic E-state index is 0.0933. The molecule has 1 saturated heterocycles. The smallest absolute Gasteiger partial charge is 0.118 e. The molecule has 0 bridgehead atoms. The summed E-state index contributed by atoms with van der Waals surface area (Å²) in [6.45, 7) is 9.71. The summed E-state index contributed by atoms with van der Waals surface area (Å²) in [4.78, 5) is 0. The molecule has 0 amide bonds. The molecule has 0 radical (unpaired) electrons. The molecular weight excluding hydrogens is 284 g/mol. The van der Waals surface area contributed by atoms with E-state index < -0.39 is 0 Å². The molecule has 4 rings (SSSR count). The monoisotopic (exact) mass is 314 g/mol. The van der Waals surface area contributed by atoms with Crippen LogP contribution in [0.1, 0.15) is 58.9 Å². The first kappa shape index (κ1) is 15.5. The van der Waals surface area contributed by atoms with Crippen molar-refractivity contribution in [2.24, 2.45) is 22.7 Å². The first-order chi connectivity index (χ1) is 10.8. The number of phenols is 1. The Kier molecular flexibility index (Phi) is 3.20. The second-order valence-electron chi connectivity index (χ2n) is 9.01. The van der Waals surface area contributed by atoms with E-state index in [1.807, 2.05) is 18.2 Å². The van der Waals surface area contributed by atoms with Crippen molar-refractivity contribution in [2.45, 2.75) is 71.5 Å². The van der Waals surface area contributed by atoms with E-state index in [1.165, 1.54) is 25.7 Å². The number of para-hydroxylation sites is 1. The van der Waals surface area contributed by atoms with Crippen LogP contribution in [0.5, 0.6) is 5.75 Å². The van der Waals surface area contributed by atoms with Gasteiger partial charge in [0.2, 0.25) is 0 Å². The highest BCUT2D eigenvalue weighted by Gasteiger charge is 2.71. The van der Waals surface area contributed by atoms with Gasteiger partial charge in [-0.1, -0.05) is 39.0 Å². The SMILES string of the molecule is C[C@H]1CC[C@@]2(C)[C@@H](CC[C@@H]3O[C@@]32C)[C@]1(C)Cc1ccccc1O. The summed E-state index contributed by atoms with van der Waals surface area (Å²) in [5.41, 5.74) is 1.71. The molecule has 2 saturated carbocycles. The molecule has 126 valence electrons. The second-order valence-corrected chi connectivity index (χ2v) is 9.01. The third kappa shape index (κ3) is 1.97. The Bertz CT molecular complexity index is 626. The van der Waals surface area contributed by atoms with Gasteiger partial charge < -0.3 is 9.84 Å². The van der Waals surface area contributed by atoms with Crippen LogP contribution in [0, 0.1) is 22.7 Å². The molecule has 6 atom stereocenters. The average molecular weight is 314 g/mol. The lowest BCUT2D eigenvalue weighted by molar-refractivity contribution is -0.0980. The molecule has 1 aliphatic heterocycles. The van der Waals surface area contributed by atoms with E-state index in [-0.39, 0.29) is 16.4 Å². The molecule has 1 heterocycles. The number of benzene rings is 1. The number of hydrogen-bond donors (Lipinski definition) is 1. The van der Waals surface area contributed by atoms with Gasteiger partial charge >= 0.3 is 0 Å². The number of hydrogen-bond acceptors (Lipinski definition) is 2. The summed E-state index contributed by atoms with van der Waals surface area (Å²) >= 11 is 0. The highest BCUT2D eigenvalue weighted by molar-refractivity contribution is 5.33. The third-order valence-corrected chi connectivity index (χ3v) is 8.15. The highest BCUT2D eigenvalue weighted by Crippen LogP contribution is 2.70. The van der Waals surface area contributed by atoms with Gasteiger partial charge in [0.1, 0.15) is 5.75 Å². The maximum Gasteiger partial charge on any atom is 0.118 e. The predicted molar refractivity (Wildman–Crippen MR) is 92.4 cm³/mol. The quantitative estimate of drug-likeness (QED) is 0.784. The van der Waals surface area contributed by atoms with Gasteiger partial charge in [-0.3, -0.25) is 0 Å². The van der Waals surface area contributed by atoms with Crippen molar-refractivity contribution in [2.75, 3.05) is 0 Å². The highest BCUT2D eigenvalue weighted by atomic mass is 16.6. The molecule has 2 aliphatic carbocycles. The van der Waals surface area contributed by atoms with E-state index in [1.54, 1.807) is 0 Å². The summed E-state index contributed by atoms with van der Waals surface area (Å²) in [6, 6.07) is 7.89. The summed E-state index contributed by atoms with van der Waals surface area (Å²) in [7, 11) is 0. The van der Waals surface area contributed by atoms with Crippen LogP contribution in [0.4, 0.5) is 0 Å². The van der Waals surface area contributed by atoms with Crippen molar-refractivity contribution in [3.05, 3.63) is 29.8 Å². The van der Waals surface area contributed by atoms with Crippen molar-refractivity contribution in [1.29, 1.82) is 0 Å². The Labute approximate surface area is 140 Å². The summed E-state index contributed by atoms with van der Waals surface area (Å²) in [5, 5.41) is 10.3. The van der Waals surface area contributed by atoms with Crippen molar-refractivity contribution in [1.82, 2.24) is 0 Å². The van der Waals surface area contributed by atoms with E-state index in [0.29, 0.717) is 23.7 Å². The first-order valence-corrected chi connectivity index (χ1v) is 9.26. The van der Waals surface area contributed by atoms with Gasteiger partial charge in [-0.25, -0.2) is 0 Å². The number of phenolic OH excluding ortho intramolecular Hbond substituents is 1. The number of rotatable bonds is 2. The van der Waals surface area contributed by atoms with E-state index in [0.717, 1.165) is 12.0 Å². The van der Waals surface area contributed by atoms with Gasteiger partial charge in [-0.05, 0) is 67.9 Å². The molecule has 2 nitrogen and oxygen atoms in total. The molecule has 0 aromatic heterocycles. The van der Waals surface area contributed by atoms with E-state index in [2.05, 4.69) is 33.8 Å². The number of aromatic hydroxyl groups is 1. The van der Waals surface area contributed by atoms with Crippen LogP contribution in [0.3, 0.4) is 0 Å². The molecule has 23 heavy (non-hydrogen) atoms. The first-order valence-electron chi connectivity index (χ1n) is 9.26. The van der Waals surface area contributed by atoms with Crippen molar-refractivity contribution < 1.29 is 9.84 Å². The second kappa shape index (κ2) is 4.75. The van der Waals surface area contributed by atoms with Crippen LogP contribution in [0.2, 0.25) is 0 Å². The topological polar surface area (TPSA) is 32.8 Å². The van der Waals surface area contributed by atoms with Crippen LogP contribution >= 0.6 is 0 Å². The Morgan fingerprint density at radius 3 is 2.61 bits per heavy atom. The summed E-state index contributed by atoms with van der Waals surface area (Å²) < 4.78 is 6.19. The minimum Gasteiger partial charge on any atom is -0.508 e. The fourth-order valence-electron chi connectivity index (χ4n) is 6.12. The third-order valence-electron chi connectivity index (χ3n) is 8.15. The maximum atomic E-state index is 10.3. The lowest BCUT2D eigenvalue weighted by atomic mass is 9.44. The van der Waals surface area contributed by atoms with Crippen molar-refractivity contribution in [3.8, 4) is 5.75 Å². The zero-order valence-electron chi connectivity index (χ0n) is 14.9. The molecule has 1 N–H and O–H groups in total. The van der Waals surface area contributed by atoms with Crippen molar-refractivity contribution >= 4 is 0 Å². The fraction of sp³-hybridized carbons (Fsp3) is 0.714. The molecule has 3 fully saturated rings. The Hall–Kier alpha value is -1.02. The number of fused-ring (bicyclic) bond motifs is 3. The Morgan fingerprint density at radius 2 is 1.87 bits per heavy atom. The molecular formula is C21H30O2. The Morgan fingerprint density at radius 1 is 1.13 bits per heavy atom.